The van der Waals surface area contributed by atoms with Gasteiger partial charge in [0.25, 0.3) is 0 Å². The summed E-state index contributed by atoms with van der Waals surface area (Å²) in [6, 6.07) is 7.67. The van der Waals surface area contributed by atoms with Gasteiger partial charge >= 0.3 is 0 Å². The van der Waals surface area contributed by atoms with Crippen LogP contribution in [0.4, 0.5) is 0 Å². The zero-order chi connectivity index (χ0) is 8.97. The quantitative estimate of drug-likeness (QED) is 0.687. The molecule has 0 nitrogen and oxygen atoms in total. The average Bonchev–Trinajstić information content (AvgIpc) is 2.01. The molecule has 0 aliphatic heterocycles. The second-order valence-corrected chi connectivity index (χ2v) is 4.28. The average molecular weight is 219 g/mol. The molecule has 0 N–H and O–H groups in total. The van der Waals surface area contributed by atoms with Crippen LogP contribution in [0.2, 0.25) is 5.02 Å². The van der Waals surface area contributed by atoms with Crippen LogP contribution in [0.15, 0.2) is 40.8 Å². The second kappa shape index (κ2) is 4.80. The van der Waals surface area contributed by atoms with Gasteiger partial charge in [-0.1, -0.05) is 35.8 Å². The van der Waals surface area contributed by atoms with E-state index in [4.69, 9.17) is 23.2 Å². The Morgan fingerprint density at radius 2 is 2.25 bits per heavy atom. The molecule has 0 unspecified atom stereocenters. The molecule has 0 aliphatic carbocycles. The van der Waals surface area contributed by atoms with Gasteiger partial charge in [0.2, 0.25) is 0 Å². The molecule has 0 aliphatic rings. The van der Waals surface area contributed by atoms with E-state index in [-0.39, 0.29) is 0 Å². The van der Waals surface area contributed by atoms with Crippen molar-refractivity contribution in [1.29, 1.82) is 0 Å². The van der Waals surface area contributed by atoms with Crippen LogP contribution in [0.3, 0.4) is 0 Å². The van der Waals surface area contributed by atoms with Crippen molar-refractivity contribution in [1.82, 2.24) is 0 Å². The van der Waals surface area contributed by atoms with Gasteiger partial charge in [0, 0.05) is 20.7 Å². The smallest absolute Gasteiger partial charge is 0.0417 e. The Morgan fingerprint density at radius 1 is 1.50 bits per heavy atom. The van der Waals surface area contributed by atoms with E-state index in [1.54, 1.807) is 11.8 Å². The molecule has 0 aromatic heterocycles. The van der Waals surface area contributed by atoms with E-state index in [9.17, 15) is 0 Å². The maximum Gasteiger partial charge on any atom is 0.0417 e. The lowest BCUT2D eigenvalue weighted by Crippen LogP contribution is -1.76. The van der Waals surface area contributed by atoms with Crippen molar-refractivity contribution in [2.45, 2.75) is 4.90 Å². The van der Waals surface area contributed by atoms with E-state index >= 15 is 0 Å². The van der Waals surface area contributed by atoms with Gasteiger partial charge in [-0.3, -0.25) is 0 Å². The van der Waals surface area contributed by atoms with Crippen LogP contribution in [0.25, 0.3) is 0 Å². The standard InChI is InChI=1S/C9H8Cl2S/c1-7(10)6-12-9-4-2-3-8(11)5-9/h2-5H,1,6H2. The summed E-state index contributed by atoms with van der Waals surface area (Å²) in [6.45, 7) is 3.60. The number of hydrogen-bond acceptors (Lipinski definition) is 1. The minimum Gasteiger partial charge on any atom is -0.120 e. The fourth-order valence-electron chi connectivity index (χ4n) is 0.718. The Kier molecular flexibility index (Phi) is 3.99. The van der Waals surface area contributed by atoms with Gasteiger partial charge in [-0.15, -0.1) is 11.8 Å². The highest BCUT2D eigenvalue weighted by Crippen LogP contribution is 2.23. The van der Waals surface area contributed by atoms with Gasteiger partial charge in [0.15, 0.2) is 0 Å². The normalized spacial score (nSPS) is 9.83. The van der Waals surface area contributed by atoms with Gasteiger partial charge in [0.1, 0.15) is 0 Å². The number of halogens is 2. The summed E-state index contributed by atoms with van der Waals surface area (Å²) < 4.78 is 0. The van der Waals surface area contributed by atoms with E-state index in [1.165, 1.54) is 0 Å². The Hall–Kier alpha value is -0.110. The van der Waals surface area contributed by atoms with Crippen LogP contribution in [0, 0.1) is 0 Å². The van der Waals surface area contributed by atoms with Crippen LogP contribution in [-0.4, -0.2) is 5.75 Å². The molecule has 1 aromatic carbocycles. The van der Waals surface area contributed by atoms with Gasteiger partial charge in [-0.2, -0.15) is 0 Å². The highest BCUT2D eigenvalue weighted by Gasteiger charge is 1.95. The zero-order valence-electron chi connectivity index (χ0n) is 6.39. The molecule has 0 bridgehead atoms. The molecule has 0 spiro atoms. The van der Waals surface area contributed by atoms with Crippen LogP contribution in [0.1, 0.15) is 0 Å². The number of benzene rings is 1. The highest BCUT2D eigenvalue weighted by atomic mass is 35.5. The monoisotopic (exact) mass is 218 g/mol. The first-order valence-corrected chi connectivity index (χ1v) is 5.14. The third-order valence-electron chi connectivity index (χ3n) is 1.19. The lowest BCUT2D eigenvalue weighted by Gasteiger charge is -1.99. The summed E-state index contributed by atoms with van der Waals surface area (Å²) >= 11 is 13.0. The van der Waals surface area contributed by atoms with Crippen molar-refractivity contribution in [3.8, 4) is 0 Å². The minimum absolute atomic E-state index is 0.653. The molecule has 64 valence electrons. The molecule has 0 saturated heterocycles. The largest absolute Gasteiger partial charge is 0.120 e. The van der Waals surface area contributed by atoms with Crippen molar-refractivity contribution >= 4 is 35.0 Å². The Labute approximate surface area is 86.6 Å². The summed E-state index contributed by atoms with van der Waals surface area (Å²) in [5, 5.41) is 1.40. The lowest BCUT2D eigenvalue weighted by atomic mass is 10.4. The first kappa shape index (κ1) is 9.97. The summed E-state index contributed by atoms with van der Waals surface area (Å²) in [7, 11) is 0. The summed E-state index contributed by atoms with van der Waals surface area (Å²) in [4.78, 5) is 1.12. The fourth-order valence-corrected chi connectivity index (χ4v) is 1.85. The van der Waals surface area contributed by atoms with Crippen LogP contribution in [0.5, 0.6) is 0 Å². The molecule has 1 aromatic rings. The third-order valence-corrected chi connectivity index (χ3v) is 2.80. The van der Waals surface area contributed by atoms with Gasteiger partial charge in [0.05, 0.1) is 0 Å². The first-order chi connectivity index (χ1) is 5.68. The summed E-state index contributed by atoms with van der Waals surface area (Å²) in [5.74, 6) is 0.724. The Morgan fingerprint density at radius 3 is 2.83 bits per heavy atom. The van der Waals surface area contributed by atoms with Gasteiger partial charge < -0.3 is 0 Å². The van der Waals surface area contributed by atoms with Crippen LogP contribution < -0.4 is 0 Å². The van der Waals surface area contributed by atoms with Gasteiger partial charge in [-0.25, -0.2) is 0 Å². The maximum atomic E-state index is 5.79. The van der Waals surface area contributed by atoms with Crippen molar-refractivity contribution in [3.05, 3.63) is 40.9 Å². The van der Waals surface area contributed by atoms with Gasteiger partial charge in [-0.05, 0) is 18.2 Å². The summed E-state index contributed by atoms with van der Waals surface area (Å²) in [5.41, 5.74) is 0. The Bertz CT molecular complexity index is 284. The van der Waals surface area contributed by atoms with E-state index in [0.717, 1.165) is 15.7 Å². The van der Waals surface area contributed by atoms with Crippen molar-refractivity contribution in [2.24, 2.45) is 0 Å². The molecular formula is C9H8Cl2S. The lowest BCUT2D eigenvalue weighted by molar-refractivity contribution is 1.46. The fraction of sp³-hybridized carbons (Fsp3) is 0.111. The molecule has 0 amide bonds. The number of rotatable bonds is 3. The molecular weight excluding hydrogens is 211 g/mol. The van der Waals surface area contributed by atoms with E-state index in [0.29, 0.717) is 5.03 Å². The first-order valence-electron chi connectivity index (χ1n) is 3.40. The van der Waals surface area contributed by atoms with E-state index in [1.807, 2.05) is 24.3 Å². The second-order valence-electron chi connectivity index (χ2n) is 2.26. The number of thioether (sulfide) groups is 1. The van der Waals surface area contributed by atoms with Crippen molar-refractivity contribution in [2.75, 3.05) is 5.75 Å². The molecule has 0 fully saturated rings. The van der Waals surface area contributed by atoms with Crippen LogP contribution in [-0.2, 0) is 0 Å². The predicted octanol–water partition coefficient (Wildman–Crippen LogP) is 4.18. The number of hydrogen-bond donors (Lipinski definition) is 0. The Balaban J connectivity index is 2.57. The SMILES string of the molecule is C=C(Cl)CSc1cccc(Cl)c1. The predicted molar refractivity (Wildman–Crippen MR) is 57.2 cm³/mol. The maximum absolute atomic E-state index is 5.79. The highest BCUT2D eigenvalue weighted by molar-refractivity contribution is 7.99. The minimum atomic E-state index is 0.653. The van der Waals surface area contributed by atoms with Crippen molar-refractivity contribution < 1.29 is 0 Å². The molecule has 0 heterocycles. The van der Waals surface area contributed by atoms with Crippen LogP contribution >= 0.6 is 35.0 Å². The summed E-state index contributed by atoms with van der Waals surface area (Å²) in [6.07, 6.45) is 0. The molecule has 3 heteroatoms. The third kappa shape index (κ3) is 3.53. The molecule has 0 saturated carbocycles. The van der Waals surface area contributed by atoms with E-state index in [2.05, 4.69) is 6.58 Å². The molecule has 1 rings (SSSR count). The molecule has 12 heavy (non-hydrogen) atoms. The topological polar surface area (TPSA) is 0 Å². The van der Waals surface area contributed by atoms with E-state index < -0.39 is 0 Å². The molecule has 0 radical (unpaired) electrons. The zero-order valence-corrected chi connectivity index (χ0v) is 8.72. The molecule has 0 atom stereocenters. The van der Waals surface area contributed by atoms with Crippen molar-refractivity contribution in [3.63, 3.8) is 0 Å².